The molecule has 1 amide bonds. The molecule has 0 spiro atoms. The highest BCUT2D eigenvalue weighted by molar-refractivity contribution is 8.00. The van der Waals surface area contributed by atoms with E-state index in [0.717, 1.165) is 21.1 Å². The van der Waals surface area contributed by atoms with E-state index in [9.17, 15) is 4.79 Å². The number of nitrogens with zero attached hydrogens (tertiary/aromatic N) is 2. The number of thiophene rings is 1. The van der Waals surface area contributed by atoms with Crippen LogP contribution in [0.1, 0.15) is 37.0 Å². The Morgan fingerprint density at radius 2 is 1.91 bits per heavy atom. The van der Waals surface area contributed by atoms with Crippen molar-refractivity contribution in [1.82, 2.24) is 15.3 Å². The molecule has 0 aromatic carbocycles. The third kappa shape index (κ3) is 3.79. The van der Waals surface area contributed by atoms with Gasteiger partial charge in [-0.25, -0.2) is 9.97 Å². The zero-order chi connectivity index (χ0) is 16.4. The first-order chi connectivity index (χ1) is 10.3. The predicted molar refractivity (Wildman–Crippen MR) is 94.8 cm³/mol. The lowest BCUT2D eigenvalue weighted by atomic mass is 10.1. The summed E-state index contributed by atoms with van der Waals surface area (Å²) in [7, 11) is 0. The second kappa shape index (κ2) is 6.96. The summed E-state index contributed by atoms with van der Waals surface area (Å²) in [4.78, 5) is 23.4. The summed E-state index contributed by atoms with van der Waals surface area (Å²) in [5, 5.41) is 5.04. The number of nitrogens with one attached hydrogen (secondary N) is 1. The molecule has 2 aromatic heterocycles. The first kappa shape index (κ1) is 17.2. The molecule has 6 heteroatoms. The van der Waals surface area contributed by atoms with Crippen LogP contribution in [0.3, 0.4) is 0 Å². The molecule has 0 fully saturated rings. The molecule has 1 atom stereocenters. The van der Waals surface area contributed by atoms with Crippen LogP contribution in [-0.2, 0) is 4.79 Å². The van der Waals surface area contributed by atoms with Crippen LogP contribution in [0.15, 0.2) is 5.03 Å². The number of carbonyl (C=O) groups excluding carboxylic acids is 1. The summed E-state index contributed by atoms with van der Waals surface area (Å²) in [6, 6.07) is 0.186. The maximum absolute atomic E-state index is 12.1. The monoisotopic (exact) mass is 337 g/mol. The quantitative estimate of drug-likeness (QED) is 0.665. The van der Waals surface area contributed by atoms with E-state index in [1.807, 2.05) is 13.8 Å². The number of thioether (sulfide) groups is 1. The number of carbonyl (C=O) groups is 1. The Hall–Kier alpha value is -1.14. The SMILES string of the molecule is Cc1nc(SCC(=O)N[C@H](C)C(C)C)c2c(C)c(C)sc2n1. The second-order valence-electron chi connectivity index (χ2n) is 5.93. The minimum absolute atomic E-state index is 0.0558. The minimum Gasteiger partial charge on any atom is -0.353 e. The number of amides is 1. The van der Waals surface area contributed by atoms with Crippen molar-refractivity contribution in [3.05, 3.63) is 16.3 Å². The number of fused-ring (bicyclic) bond motifs is 1. The highest BCUT2D eigenvalue weighted by Gasteiger charge is 2.16. The maximum atomic E-state index is 12.1. The molecule has 0 aliphatic heterocycles. The van der Waals surface area contributed by atoms with E-state index >= 15 is 0 Å². The molecule has 0 aliphatic rings. The molecule has 0 bridgehead atoms. The third-order valence-corrected chi connectivity index (χ3v) is 5.91. The van der Waals surface area contributed by atoms with Gasteiger partial charge in [-0.15, -0.1) is 11.3 Å². The second-order valence-corrected chi connectivity index (χ2v) is 8.10. The van der Waals surface area contributed by atoms with Gasteiger partial charge in [-0.2, -0.15) is 0 Å². The summed E-state index contributed by atoms with van der Waals surface area (Å²) in [5.74, 6) is 1.63. The fourth-order valence-corrected chi connectivity index (χ4v) is 4.10. The van der Waals surface area contributed by atoms with E-state index < -0.39 is 0 Å². The van der Waals surface area contributed by atoms with Crippen molar-refractivity contribution in [1.29, 1.82) is 0 Å². The molecular formula is C16H23N3OS2. The van der Waals surface area contributed by atoms with Crippen LogP contribution < -0.4 is 5.32 Å². The average Bonchev–Trinajstić information content (AvgIpc) is 2.71. The van der Waals surface area contributed by atoms with Crippen LogP contribution in [0.5, 0.6) is 0 Å². The summed E-state index contributed by atoms with van der Waals surface area (Å²) in [6.07, 6.45) is 0. The Kier molecular flexibility index (Phi) is 5.45. The Morgan fingerprint density at radius 1 is 1.23 bits per heavy atom. The zero-order valence-corrected chi connectivity index (χ0v) is 15.6. The van der Waals surface area contributed by atoms with Gasteiger partial charge in [0, 0.05) is 16.3 Å². The number of aryl methyl sites for hydroxylation is 3. The van der Waals surface area contributed by atoms with Crippen LogP contribution in [0.4, 0.5) is 0 Å². The van der Waals surface area contributed by atoms with Gasteiger partial charge in [0.1, 0.15) is 15.7 Å². The van der Waals surface area contributed by atoms with Crippen LogP contribution in [-0.4, -0.2) is 27.7 Å². The molecule has 2 aromatic rings. The van der Waals surface area contributed by atoms with Crippen LogP contribution in [0, 0.1) is 26.7 Å². The average molecular weight is 338 g/mol. The molecule has 1 N–H and O–H groups in total. The molecule has 0 aliphatic carbocycles. The van der Waals surface area contributed by atoms with E-state index in [2.05, 4.69) is 43.0 Å². The van der Waals surface area contributed by atoms with Crippen molar-refractivity contribution in [2.45, 2.75) is 52.6 Å². The van der Waals surface area contributed by atoms with E-state index in [-0.39, 0.29) is 11.9 Å². The first-order valence-electron chi connectivity index (χ1n) is 7.46. The van der Waals surface area contributed by atoms with Gasteiger partial charge in [0.05, 0.1) is 5.75 Å². The number of hydrogen-bond acceptors (Lipinski definition) is 5. The van der Waals surface area contributed by atoms with Gasteiger partial charge >= 0.3 is 0 Å². The lowest BCUT2D eigenvalue weighted by molar-refractivity contribution is -0.119. The van der Waals surface area contributed by atoms with Gasteiger partial charge in [0.25, 0.3) is 0 Å². The van der Waals surface area contributed by atoms with Gasteiger partial charge in [-0.3, -0.25) is 4.79 Å². The van der Waals surface area contributed by atoms with Gasteiger partial charge in [-0.05, 0) is 39.2 Å². The van der Waals surface area contributed by atoms with Crippen molar-refractivity contribution in [2.75, 3.05) is 5.75 Å². The molecule has 0 radical (unpaired) electrons. The molecule has 0 saturated heterocycles. The molecule has 0 unspecified atom stereocenters. The summed E-state index contributed by atoms with van der Waals surface area (Å²) < 4.78 is 0. The maximum Gasteiger partial charge on any atom is 0.230 e. The molecule has 0 saturated carbocycles. The van der Waals surface area contributed by atoms with E-state index in [0.29, 0.717) is 11.7 Å². The standard InChI is InChI=1S/C16H23N3OS2/c1-8(2)10(4)17-13(20)7-21-15-14-9(3)11(5)22-16(14)19-12(6)18-15/h8,10H,7H2,1-6H3,(H,17,20)/t10-/m1/s1. The Labute approximate surface area is 140 Å². The number of aromatic nitrogens is 2. The van der Waals surface area contributed by atoms with Gasteiger partial charge < -0.3 is 5.32 Å². The first-order valence-corrected chi connectivity index (χ1v) is 9.26. The van der Waals surface area contributed by atoms with Crippen molar-refractivity contribution >= 4 is 39.2 Å². The lowest BCUT2D eigenvalue weighted by Crippen LogP contribution is -2.37. The Balaban J connectivity index is 2.16. The van der Waals surface area contributed by atoms with Crippen molar-refractivity contribution in [3.8, 4) is 0 Å². The number of hydrogen-bond donors (Lipinski definition) is 1. The Morgan fingerprint density at radius 3 is 2.55 bits per heavy atom. The summed E-state index contributed by atoms with van der Waals surface area (Å²) >= 11 is 3.19. The predicted octanol–water partition coefficient (Wildman–Crippen LogP) is 3.87. The Bertz CT molecular complexity index is 694. The minimum atomic E-state index is 0.0558. The lowest BCUT2D eigenvalue weighted by Gasteiger charge is -2.17. The summed E-state index contributed by atoms with van der Waals surface area (Å²) in [6.45, 7) is 12.3. The smallest absolute Gasteiger partial charge is 0.230 e. The normalized spacial score (nSPS) is 12.9. The third-order valence-electron chi connectivity index (χ3n) is 3.84. The van der Waals surface area contributed by atoms with Gasteiger partial charge in [0.2, 0.25) is 5.91 Å². The fourth-order valence-electron chi connectivity index (χ4n) is 2.02. The van der Waals surface area contributed by atoms with Crippen LogP contribution in [0.25, 0.3) is 10.2 Å². The topological polar surface area (TPSA) is 54.9 Å². The van der Waals surface area contributed by atoms with Gasteiger partial charge in [0.15, 0.2) is 0 Å². The highest BCUT2D eigenvalue weighted by atomic mass is 32.2. The van der Waals surface area contributed by atoms with E-state index in [4.69, 9.17) is 0 Å². The van der Waals surface area contributed by atoms with Crippen LogP contribution >= 0.6 is 23.1 Å². The number of rotatable bonds is 5. The van der Waals surface area contributed by atoms with Crippen molar-refractivity contribution in [3.63, 3.8) is 0 Å². The molecule has 2 rings (SSSR count). The molecule has 22 heavy (non-hydrogen) atoms. The fraction of sp³-hybridized carbons (Fsp3) is 0.562. The van der Waals surface area contributed by atoms with Crippen molar-refractivity contribution in [2.24, 2.45) is 5.92 Å². The molecule has 120 valence electrons. The zero-order valence-electron chi connectivity index (χ0n) is 14.0. The molecule has 4 nitrogen and oxygen atoms in total. The van der Waals surface area contributed by atoms with Gasteiger partial charge in [-0.1, -0.05) is 25.6 Å². The summed E-state index contributed by atoms with van der Waals surface area (Å²) in [5.41, 5.74) is 1.22. The largest absolute Gasteiger partial charge is 0.353 e. The van der Waals surface area contributed by atoms with Crippen LogP contribution in [0.2, 0.25) is 0 Å². The van der Waals surface area contributed by atoms with E-state index in [1.165, 1.54) is 22.2 Å². The highest BCUT2D eigenvalue weighted by Crippen LogP contribution is 2.34. The molecule has 2 heterocycles. The van der Waals surface area contributed by atoms with E-state index in [1.54, 1.807) is 11.3 Å². The molecular weight excluding hydrogens is 314 g/mol. The van der Waals surface area contributed by atoms with Crippen molar-refractivity contribution < 1.29 is 4.79 Å².